The fourth-order valence-corrected chi connectivity index (χ4v) is 6.24. The number of urea groups is 1. The number of carbonyl (C=O) groups excluding carboxylic acids is 3. The van der Waals surface area contributed by atoms with Crippen molar-refractivity contribution in [3.05, 3.63) is 70.9 Å². The Morgan fingerprint density at radius 2 is 1.63 bits per heavy atom. The number of hydrogen-bond acceptors (Lipinski definition) is 5. The first kappa shape index (κ1) is 28.0. The molecule has 3 aromatic rings. The molecule has 1 aromatic heterocycles. The third-order valence-electron chi connectivity index (χ3n) is 7.90. The summed E-state index contributed by atoms with van der Waals surface area (Å²) >= 11 is 6.63. The number of benzene rings is 2. The van der Waals surface area contributed by atoms with Crippen molar-refractivity contribution in [2.45, 2.75) is 44.9 Å². The van der Waals surface area contributed by atoms with Gasteiger partial charge >= 0.3 is 12.0 Å². The zero-order chi connectivity index (χ0) is 29.3. The van der Waals surface area contributed by atoms with E-state index in [9.17, 15) is 24.3 Å². The van der Waals surface area contributed by atoms with E-state index in [1.165, 1.54) is 12.1 Å². The minimum Gasteiger partial charge on any atom is -0.478 e. The maximum Gasteiger partial charge on any atom is 0.346 e. The highest BCUT2D eigenvalue weighted by Crippen LogP contribution is 2.43. The molecule has 41 heavy (non-hydrogen) atoms. The molecule has 12 heteroatoms. The van der Waals surface area contributed by atoms with Gasteiger partial charge in [-0.15, -0.1) is 0 Å². The average molecular weight is 580 g/mol. The third kappa shape index (κ3) is 5.20. The second-order valence-electron chi connectivity index (χ2n) is 10.3. The largest absolute Gasteiger partial charge is 0.478 e. The summed E-state index contributed by atoms with van der Waals surface area (Å²) in [5.74, 6) is -2.39. The molecular formula is C29H30ClN5O6. The number of hydrogen-bond donors (Lipinski definition) is 4. The molecule has 1 aliphatic heterocycles. The normalized spacial score (nSPS) is 16.5. The number of rotatable bonds is 8. The highest BCUT2D eigenvalue weighted by atomic mass is 35.5. The molecule has 1 atom stereocenters. The first-order valence-corrected chi connectivity index (χ1v) is 13.6. The van der Waals surface area contributed by atoms with Crippen molar-refractivity contribution in [1.29, 1.82) is 0 Å². The number of nitrogens with two attached hydrogens (primary N) is 2. The summed E-state index contributed by atoms with van der Waals surface area (Å²) in [5, 5.41) is 12.9. The molecule has 2 heterocycles. The van der Waals surface area contributed by atoms with Crippen molar-refractivity contribution in [2.75, 3.05) is 11.9 Å². The maximum atomic E-state index is 13.2. The number of halogens is 1. The van der Waals surface area contributed by atoms with Gasteiger partial charge in [-0.25, -0.2) is 9.59 Å². The number of primary amides is 2. The Kier molecular flexibility index (Phi) is 7.63. The monoisotopic (exact) mass is 579 g/mol. The lowest BCUT2D eigenvalue weighted by Gasteiger charge is -2.32. The van der Waals surface area contributed by atoms with Gasteiger partial charge < -0.3 is 36.1 Å². The maximum absolute atomic E-state index is 13.2. The summed E-state index contributed by atoms with van der Waals surface area (Å²) in [5.41, 5.74) is 12.7. The lowest BCUT2D eigenvalue weighted by Crippen LogP contribution is -2.51. The highest BCUT2D eigenvalue weighted by Gasteiger charge is 2.51. The molecule has 1 saturated carbocycles. The Morgan fingerprint density at radius 1 is 0.976 bits per heavy atom. The SMILES string of the molecule is NC(=O)c1c(Cl)c(-c2ccccc2)n2c1CN(C(=O)Nc1ccc(OC(C(=O)O)C3(C(N)=O)CCCC3)cc1)CC2. The van der Waals surface area contributed by atoms with E-state index in [1.807, 2.05) is 34.9 Å². The molecule has 0 bridgehead atoms. The van der Waals surface area contributed by atoms with Gasteiger partial charge in [0.15, 0.2) is 0 Å². The first-order chi connectivity index (χ1) is 19.6. The van der Waals surface area contributed by atoms with Gasteiger partial charge in [0.2, 0.25) is 12.0 Å². The zero-order valence-corrected chi connectivity index (χ0v) is 22.9. The topological polar surface area (TPSA) is 170 Å². The molecule has 1 fully saturated rings. The number of aromatic nitrogens is 1. The fourth-order valence-electron chi connectivity index (χ4n) is 5.83. The van der Waals surface area contributed by atoms with Gasteiger partial charge in [0.1, 0.15) is 5.75 Å². The molecule has 0 spiro atoms. The van der Waals surface area contributed by atoms with Crippen LogP contribution in [0.1, 0.15) is 41.7 Å². The molecular weight excluding hydrogens is 550 g/mol. The van der Waals surface area contributed by atoms with Crippen molar-refractivity contribution >= 4 is 41.1 Å². The summed E-state index contributed by atoms with van der Waals surface area (Å²) in [7, 11) is 0. The van der Waals surface area contributed by atoms with Crippen LogP contribution in [0.4, 0.5) is 10.5 Å². The Bertz CT molecular complexity index is 1500. The van der Waals surface area contributed by atoms with Gasteiger partial charge in [0, 0.05) is 18.8 Å². The number of fused-ring (bicyclic) bond motifs is 1. The average Bonchev–Trinajstić information content (AvgIpc) is 3.55. The lowest BCUT2D eigenvalue weighted by molar-refractivity contribution is -0.157. The Hall–Kier alpha value is -4.51. The van der Waals surface area contributed by atoms with Crippen LogP contribution in [-0.4, -0.2) is 51.0 Å². The molecule has 1 aliphatic carbocycles. The number of aliphatic carboxylic acids is 1. The van der Waals surface area contributed by atoms with E-state index in [2.05, 4.69) is 5.32 Å². The Morgan fingerprint density at radius 3 is 2.22 bits per heavy atom. The second kappa shape index (κ2) is 11.2. The van der Waals surface area contributed by atoms with Crippen LogP contribution >= 0.6 is 11.6 Å². The number of ether oxygens (including phenoxy) is 1. The number of nitrogens with one attached hydrogen (secondary N) is 1. The van der Waals surface area contributed by atoms with Crippen LogP contribution in [0.25, 0.3) is 11.3 Å². The molecule has 11 nitrogen and oxygen atoms in total. The van der Waals surface area contributed by atoms with Crippen molar-refractivity contribution in [2.24, 2.45) is 16.9 Å². The molecule has 4 amide bonds. The van der Waals surface area contributed by atoms with Crippen LogP contribution < -0.4 is 21.5 Å². The number of carboxylic acid groups (broad SMARTS) is 1. The number of anilines is 1. The van der Waals surface area contributed by atoms with Crippen molar-refractivity contribution in [3.8, 4) is 17.0 Å². The van der Waals surface area contributed by atoms with E-state index in [4.69, 9.17) is 27.8 Å². The summed E-state index contributed by atoms with van der Waals surface area (Å²) in [4.78, 5) is 51.3. The van der Waals surface area contributed by atoms with Gasteiger partial charge in [0.05, 0.1) is 33.9 Å². The van der Waals surface area contributed by atoms with Crippen molar-refractivity contribution in [1.82, 2.24) is 9.47 Å². The quantitative estimate of drug-likeness (QED) is 0.316. The van der Waals surface area contributed by atoms with Crippen LogP contribution in [0, 0.1) is 5.41 Å². The smallest absolute Gasteiger partial charge is 0.346 e. The van der Waals surface area contributed by atoms with Gasteiger partial charge in [-0.3, -0.25) is 9.59 Å². The van der Waals surface area contributed by atoms with Gasteiger partial charge in [-0.05, 0) is 42.7 Å². The molecule has 6 N–H and O–H groups in total. The molecule has 1 unspecified atom stereocenters. The van der Waals surface area contributed by atoms with E-state index in [0.29, 0.717) is 55.8 Å². The Labute approximate surface area is 241 Å². The van der Waals surface area contributed by atoms with Gasteiger partial charge in [-0.2, -0.15) is 0 Å². The van der Waals surface area contributed by atoms with E-state index in [-0.39, 0.29) is 22.9 Å². The Balaban J connectivity index is 1.30. The van der Waals surface area contributed by atoms with E-state index < -0.39 is 35.3 Å². The second-order valence-corrected chi connectivity index (χ2v) is 10.7. The predicted octanol–water partition coefficient (Wildman–Crippen LogP) is 3.83. The summed E-state index contributed by atoms with van der Waals surface area (Å²) in [6.45, 7) is 0.886. The van der Waals surface area contributed by atoms with E-state index in [0.717, 1.165) is 5.56 Å². The zero-order valence-electron chi connectivity index (χ0n) is 22.1. The van der Waals surface area contributed by atoms with Gasteiger partial charge in [-0.1, -0.05) is 54.8 Å². The third-order valence-corrected chi connectivity index (χ3v) is 8.27. The number of amides is 4. The van der Waals surface area contributed by atoms with Crippen LogP contribution in [0.15, 0.2) is 54.6 Å². The molecule has 0 saturated heterocycles. The van der Waals surface area contributed by atoms with Crippen LogP contribution in [0.2, 0.25) is 5.02 Å². The van der Waals surface area contributed by atoms with E-state index in [1.54, 1.807) is 17.0 Å². The molecule has 214 valence electrons. The van der Waals surface area contributed by atoms with Crippen LogP contribution in [-0.2, 0) is 22.7 Å². The summed E-state index contributed by atoms with van der Waals surface area (Å²) < 4.78 is 7.67. The standard InChI is InChI=1S/C29H30ClN5O6/c30-22-21(25(31)36)20-16-34(14-15-35(20)23(22)17-6-2-1-3-7-17)28(40)33-18-8-10-19(11-9-18)41-24(26(37)38)29(27(32)39)12-4-5-13-29/h1-3,6-11,24H,4-5,12-16H2,(H2,31,36)(H2,32,39)(H,33,40)(H,37,38). The fraction of sp³-hybridized carbons (Fsp3) is 0.310. The molecule has 0 radical (unpaired) electrons. The number of carbonyl (C=O) groups is 4. The number of nitrogens with zero attached hydrogens (tertiary/aromatic N) is 2. The number of carboxylic acids is 1. The summed E-state index contributed by atoms with van der Waals surface area (Å²) in [6, 6.07) is 15.2. The molecule has 2 aliphatic rings. The minimum absolute atomic E-state index is 0.118. The predicted molar refractivity (Wildman–Crippen MR) is 151 cm³/mol. The highest BCUT2D eigenvalue weighted by molar-refractivity contribution is 6.36. The van der Waals surface area contributed by atoms with Crippen LogP contribution in [0.5, 0.6) is 5.75 Å². The van der Waals surface area contributed by atoms with E-state index >= 15 is 0 Å². The lowest BCUT2D eigenvalue weighted by atomic mass is 9.79. The van der Waals surface area contributed by atoms with Crippen molar-refractivity contribution < 1.29 is 29.0 Å². The first-order valence-electron chi connectivity index (χ1n) is 13.2. The molecule has 2 aromatic carbocycles. The van der Waals surface area contributed by atoms with Crippen molar-refractivity contribution in [3.63, 3.8) is 0 Å². The minimum atomic E-state index is -1.42. The summed E-state index contributed by atoms with van der Waals surface area (Å²) in [6.07, 6.45) is 0.677. The molecule has 5 rings (SSSR count). The van der Waals surface area contributed by atoms with Gasteiger partial charge in [0.25, 0.3) is 5.91 Å². The van der Waals surface area contributed by atoms with Crippen LogP contribution in [0.3, 0.4) is 0 Å².